The Kier molecular flexibility index (Phi) is 5.11. The second-order valence-electron chi connectivity index (χ2n) is 6.67. The van der Waals surface area contributed by atoms with E-state index < -0.39 is 23.4 Å². The molecule has 132 valence electrons. The molecule has 0 aromatic heterocycles. The molecule has 25 heavy (non-hydrogen) atoms. The number of esters is 1. The fourth-order valence-electron chi connectivity index (χ4n) is 3.24. The molecular formula is C20H19F3O2. The fourth-order valence-corrected chi connectivity index (χ4v) is 3.24. The van der Waals surface area contributed by atoms with Crippen molar-refractivity contribution in [2.45, 2.75) is 38.5 Å². The third kappa shape index (κ3) is 4.03. The zero-order chi connectivity index (χ0) is 18.0. The van der Waals surface area contributed by atoms with Crippen LogP contribution >= 0.6 is 0 Å². The summed E-state index contributed by atoms with van der Waals surface area (Å²) in [4.78, 5) is 12.1. The lowest BCUT2D eigenvalue weighted by Gasteiger charge is -2.26. The number of rotatable bonds is 3. The smallest absolute Gasteiger partial charge is 0.343 e. The van der Waals surface area contributed by atoms with Crippen LogP contribution < -0.4 is 4.74 Å². The predicted octanol–water partition coefficient (Wildman–Crippen LogP) is 5.62. The number of benzene rings is 2. The first-order chi connectivity index (χ1) is 11.9. The number of hydrogen-bond acceptors (Lipinski definition) is 2. The van der Waals surface area contributed by atoms with E-state index in [-0.39, 0.29) is 11.3 Å². The van der Waals surface area contributed by atoms with Gasteiger partial charge < -0.3 is 4.74 Å². The highest BCUT2D eigenvalue weighted by Crippen LogP contribution is 2.35. The highest BCUT2D eigenvalue weighted by molar-refractivity contribution is 5.91. The Bertz CT molecular complexity index is 740. The first kappa shape index (κ1) is 17.5. The molecule has 0 bridgehead atoms. The van der Waals surface area contributed by atoms with Gasteiger partial charge in [0.15, 0.2) is 17.5 Å². The first-order valence-corrected chi connectivity index (χ1v) is 8.40. The Hall–Kier alpha value is -2.30. The van der Waals surface area contributed by atoms with Crippen molar-refractivity contribution in [3.05, 3.63) is 65.0 Å². The largest absolute Gasteiger partial charge is 0.423 e. The molecule has 0 amide bonds. The second-order valence-corrected chi connectivity index (χ2v) is 6.67. The van der Waals surface area contributed by atoms with E-state index >= 15 is 0 Å². The molecule has 0 heterocycles. The van der Waals surface area contributed by atoms with Crippen LogP contribution in [0.4, 0.5) is 13.2 Å². The Morgan fingerprint density at radius 3 is 2.08 bits per heavy atom. The van der Waals surface area contributed by atoms with Crippen molar-refractivity contribution >= 4 is 5.97 Å². The van der Waals surface area contributed by atoms with Crippen LogP contribution in [0.15, 0.2) is 36.4 Å². The van der Waals surface area contributed by atoms with Crippen LogP contribution in [0, 0.1) is 23.4 Å². The molecule has 0 aliphatic heterocycles. The van der Waals surface area contributed by atoms with Crippen molar-refractivity contribution in [2.75, 3.05) is 0 Å². The maximum atomic E-state index is 13.2. The van der Waals surface area contributed by atoms with Gasteiger partial charge >= 0.3 is 5.97 Å². The van der Waals surface area contributed by atoms with Crippen LogP contribution in [0.2, 0.25) is 0 Å². The Morgan fingerprint density at radius 2 is 1.52 bits per heavy atom. The molecule has 1 aliphatic rings. The summed E-state index contributed by atoms with van der Waals surface area (Å²) >= 11 is 0. The molecule has 1 aliphatic carbocycles. The fraction of sp³-hybridized carbons (Fsp3) is 0.350. The number of hydrogen-bond donors (Lipinski definition) is 0. The summed E-state index contributed by atoms with van der Waals surface area (Å²) in [5.74, 6) is -4.23. The standard InChI is InChI=1S/C20H19F3O2/c1-12-2-4-13(5-3-12)14-6-8-15(9-7-14)20(24)25-16-10-17(21)19(23)18(22)11-16/h6-13H,2-5H2,1H3. The third-order valence-electron chi connectivity index (χ3n) is 4.80. The summed E-state index contributed by atoms with van der Waals surface area (Å²) < 4.78 is 44.2. The van der Waals surface area contributed by atoms with Gasteiger partial charge in [0, 0.05) is 12.1 Å². The number of halogens is 3. The minimum absolute atomic E-state index is 0.276. The van der Waals surface area contributed by atoms with Gasteiger partial charge in [-0.15, -0.1) is 0 Å². The monoisotopic (exact) mass is 348 g/mol. The normalized spacial score (nSPS) is 20.3. The SMILES string of the molecule is CC1CCC(c2ccc(C(=O)Oc3cc(F)c(F)c(F)c3)cc2)CC1. The molecule has 0 unspecified atom stereocenters. The van der Waals surface area contributed by atoms with Gasteiger partial charge in [-0.25, -0.2) is 18.0 Å². The molecule has 2 aromatic carbocycles. The van der Waals surface area contributed by atoms with Crippen molar-refractivity contribution in [2.24, 2.45) is 5.92 Å². The average Bonchev–Trinajstić information content (AvgIpc) is 2.60. The molecule has 0 radical (unpaired) electrons. The topological polar surface area (TPSA) is 26.3 Å². The number of carbonyl (C=O) groups is 1. The van der Waals surface area contributed by atoms with Crippen molar-refractivity contribution < 1.29 is 22.7 Å². The molecule has 0 spiro atoms. The molecule has 0 atom stereocenters. The molecule has 2 aromatic rings. The van der Waals surface area contributed by atoms with Crippen LogP contribution in [0.1, 0.15) is 54.4 Å². The molecule has 3 rings (SSSR count). The van der Waals surface area contributed by atoms with E-state index in [4.69, 9.17) is 4.74 Å². The van der Waals surface area contributed by atoms with Crippen molar-refractivity contribution in [1.29, 1.82) is 0 Å². The van der Waals surface area contributed by atoms with Crippen LogP contribution in [-0.2, 0) is 0 Å². The summed E-state index contributed by atoms with van der Waals surface area (Å²) in [6.07, 6.45) is 4.69. The summed E-state index contributed by atoms with van der Waals surface area (Å²) in [5, 5.41) is 0. The summed E-state index contributed by atoms with van der Waals surface area (Å²) in [6.45, 7) is 2.26. The highest BCUT2D eigenvalue weighted by atomic mass is 19.2. The minimum Gasteiger partial charge on any atom is -0.423 e. The lowest BCUT2D eigenvalue weighted by atomic mass is 9.79. The molecule has 0 N–H and O–H groups in total. The molecule has 0 saturated heterocycles. The van der Waals surface area contributed by atoms with Gasteiger partial charge in [-0.05, 0) is 42.4 Å². The van der Waals surface area contributed by atoms with Crippen LogP contribution in [0.3, 0.4) is 0 Å². The van der Waals surface area contributed by atoms with Gasteiger partial charge in [-0.3, -0.25) is 0 Å². The Balaban J connectivity index is 1.69. The quantitative estimate of drug-likeness (QED) is 0.409. The van der Waals surface area contributed by atoms with Gasteiger partial charge in [0.1, 0.15) is 5.75 Å². The first-order valence-electron chi connectivity index (χ1n) is 8.40. The average molecular weight is 348 g/mol. The molecule has 5 heteroatoms. The summed E-state index contributed by atoms with van der Waals surface area (Å²) in [7, 11) is 0. The summed E-state index contributed by atoms with van der Waals surface area (Å²) in [5.41, 5.74) is 1.46. The van der Waals surface area contributed by atoms with Gasteiger partial charge in [0.25, 0.3) is 0 Å². The number of ether oxygens (including phenoxy) is 1. The molecule has 2 nitrogen and oxygen atoms in total. The van der Waals surface area contributed by atoms with Crippen LogP contribution in [0.25, 0.3) is 0 Å². The maximum absolute atomic E-state index is 13.2. The number of carbonyl (C=O) groups excluding carboxylic acids is 1. The van der Waals surface area contributed by atoms with Gasteiger partial charge in [-0.1, -0.05) is 31.9 Å². The summed E-state index contributed by atoms with van der Waals surface area (Å²) in [6, 6.07) is 8.37. The maximum Gasteiger partial charge on any atom is 0.343 e. The highest BCUT2D eigenvalue weighted by Gasteiger charge is 2.20. The van der Waals surface area contributed by atoms with E-state index in [9.17, 15) is 18.0 Å². The van der Waals surface area contributed by atoms with Gasteiger partial charge in [0.05, 0.1) is 5.56 Å². The van der Waals surface area contributed by atoms with E-state index in [1.54, 1.807) is 12.1 Å². The van der Waals surface area contributed by atoms with E-state index in [2.05, 4.69) is 6.92 Å². The van der Waals surface area contributed by atoms with Crippen molar-refractivity contribution in [1.82, 2.24) is 0 Å². The van der Waals surface area contributed by atoms with E-state index in [1.807, 2.05) is 12.1 Å². The second kappa shape index (κ2) is 7.30. The molecule has 1 saturated carbocycles. The Morgan fingerprint density at radius 1 is 0.960 bits per heavy atom. The van der Waals surface area contributed by atoms with E-state index in [1.165, 1.54) is 18.4 Å². The lowest BCUT2D eigenvalue weighted by Crippen LogP contribution is -2.12. The van der Waals surface area contributed by atoms with Gasteiger partial charge in [-0.2, -0.15) is 0 Å². The van der Waals surface area contributed by atoms with E-state index in [0.29, 0.717) is 18.1 Å². The van der Waals surface area contributed by atoms with Crippen molar-refractivity contribution in [3.63, 3.8) is 0 Å². The lowest BCUT2D eigenvalue weighted by molar-refractivity contribution is 0.0733. The minimum atomic E-state index is -1.59. The van der Waals surface area contributed by atoms with Crippen molar-refractivity contribution in [3.8, 4) is 5.75 Å². The van der Waals surface area contributed by atoms with Crippen LogP contribution in [0.5, 0.6) is 5.75 Å². The molecular weight excluding hydrogens is 329 g/mol. The molecule has 1 fully saturated rings. The van der Waals surface area contributed by atoms with E-state index in [0.717, 1.165) is 18.8 Å². The zero-order valence-electron chi connectivity index (χ0n) is 13.9. The Labute approximate surface area is 144 Å². The predicted molar refractivity (Wildman–Crippen MR) is 88.1 cm³/mol. The zero-order valence-corrected chi connectivity index (χ0v) is 13.9. The third-order valence-corrected chi connectivity index (χ3v) is 4.80. The van der Waals surface area contributed by atoms with Crippen LogP contribution in [-0.4, -0.2) is 5.97 Å². The van der Waals surface area contributed by atoms with Gasteiger partial charge in [0.2, 0.25) is 0 Å².